The first-order valence-electron chi connectivity index (χ1n) is 33.6. The van der Waals surface area contributed by atoms with Crippen LogP contribution >= 0.6 is 22.9 Å². The Morgan fingerprint density at radius 2 is 1.57 bits per heavy atom. The summed E-state index contributed by atoms with van der Waals surface area (Å²) < 4.78 is 76.2. The van der Waals surface area contributed by atoms with E-state index in [4.69, 9.17) is 36.3 Å². The van der Waals surface area contributed by atoms with Crippen LogP contribution in [0.1, 0.15) is 55.5 Å². The number of nitrogens with zero attached hydrogens (tertiary/aromatic N) is 7. The molecule has 5 aromatic carbocycles. The van der Waals surface area contributed by atoms with Crippen molar-refractivity contribution in [2.45, 2.75) is 77.8 Å². The Hall–Kier alpha value is -10.5. The third-order valence-corrected chi connectivity index (χ3v) is 19.6. The molecule has 8 N–H and O–H groups in total. The standard InChI is InChI=1S/C73H78ClFN12O16S2/c1-44(2)65(84-59(88)27-36-99-37-33-86-60(89)24-25-61(86)90)69(92)83-55(12-8-28-78-73(76)95)68(91)82-51-20-14-46(15-21-51)41-87(4)34-30-85(31-35-87)32-38-100-57-23-22-54(45(3)64(57)74)62-63-70(79-43-80-71(63)104-66(62)47-16-18-50(75)19-17-47)102-58(72(93)94)40-48-9-5-6-13-56(48)101-42-52-26-29-77-67(81-52)49-10-7-11-53(39-49)103-105(96,97)98/h5-7,9-11,13-26,29,39,43-44,55,58,65H,8,12,27-28,30-38,40-42H2,1-4H3,(H7-,76,78,82,83,84,88,91,92,93,94,95,96,97,98)/p+1/t55-,58+,65-/m0/s1. The highest BCUT2D eigenvalue weighted by Crippen LogP contribution is 2.50. The number of anilines is 1. The minimum absolute atomic E-state index is 0.0219. The molecule has 3 aromatic heterocycles. The molecule has 2 aliphatic heterocycles. The maximum atomic E-state index is 14.5. The highest BCUT2D eigenvalue weighted by atomic mass is 35.5. The minimum atomic E-state index is -4.78. The van der Waals surface area contributed by atoms with E-state index >= 15 is 0 Å². The van der Waals surface area contributed by atoms with E-state index in [1.807, 2.05) is 25.1 Å². The van der Waals surface area contributed by atoms with Gasteiger partial charge in [-0.15, -0.1) is 11.3 Å². The molecule has 1 fully saturated rings. The summed E-state index contributed by atoms with van der Waals surface area (Å²) >= 11 is 8.52. The van der Waals surface area contributed by atoms with Gasteiger partial charge in [-0.05, 0) is 103 Å². The van der Waals surface area contributed by atoms with Gasteiger partial charge in [0, 0.05) is 84.6 Å². The quantitative estimate of drug-likeness (QED) is 0.00853. The zero-order chi connectivity index (χ0) is 75.0. The predicted molar refractivity (Wildman–Crippen MR) is 388 cm³/mol. The Kier molecular flexibility index (Phi) is 25.9. The summed E-state index contributed by atoms with van der Waals surface area (Å²) in [5.74, 6) is -3.74. The van der Waals surface area contributed by atoms with Crippen molar-refractivity contribution in [3.63, 3.8) is 0 Å². The number of carbonyl (C=O) groups is 7. The van der Waals surface area contributed by atoms with Crippen LogP contribution in [0.5, 0.6) is 23.1 Å². The molecule has 2 aliphatic rings. The molecule has 0 saturated carbocycles. The lowest BCUT2D eigenvalue weighted by molar-refractivity contribution is -0.926. The highest BCUT2D eigenvalue weighted by Gasteiger charge is 2.33. The van der Waals surface area contributed by atoms with E-state index in [-0.39, 0.29) is 75.5 Å². The maximum absolute atomic E-state index is 14.5. The summed E-state index contributed by atoms with van der Waals surface area (Å²) in [6.45, 7) is 10.3. The average Bonchev–Trinajstić information content (AvgIpc) is 1.61. The number of imide groups is 1. The zero-order valence-corrected chi connectivity index (χ0v) is 60.2. The minimum Gasteiger partial charge on any atom is -0.491 e. The van der Waals surface area contributed by atoms with Crippen molar-refractivity contribution < 1.29 is 83.6 Å². The van der Waals surface area contributed by atoms with E-state index in [1.165, 1.54) is 66.3 Å². The Balaban J connectivity index is 0.744. The number of thiophene rings is 1. The maximum Gasteiger partial charge on any atom is 0.446 e. The number of aromatic nitrogens is 4. The summed E-state index contributed by atoms with van der Waals surface area (Å²) in [6, 6.07) is 28.6. The Labute approximate surface area is 613 Å². The highest BCUT2D eigenvalue weighted by molar-refractivity contribution is 7.81. The summed E-state index contributed by atoms with van der Waals surface area (Å²) in [5.41, 5.74) is 10.6. The number of likely N-dealkylation sites (N-methyl/N-ethyl adjacent to an activating group) is 1. The molecule has 28 nitrogen and oxygen atoms in total. The van der Waals surface area contributed by atoms with Gasteiger partial charge in [-0.3, -0.25) is 38.3 Å². The summed E-state index contributed by atoms with van der Waals surface area (Å²) in [4.78, 5) is 111. The Bertz CT molecular complexity index is 4620. The molecule has 1 saturated heterocycles. The Morgan fingerprint density at radius 3 is 2.29 bits per heavy atom. The number of urea groups is 1. The van der Waals surface area contributed by atoms with Gasteiger partial charge in [-0.2, -0.15) is 8.42 Å². The number of amides is 7. The molecule has 0 aliphatic carbocycles. The van der Waals surface area contributed by atoms with Crippen molar-refractivity contribution in [1.29, 1.82) is 0 Å². The van der Waals surface area contributed by atoms with E-state index in [1.54, 1.807) is 80.6 Å². The number of ether oxygens (including phenoxy) is 4. The molecule has 0 unspecified atom stereocenters. The molecule has 5 heterocycles. The number of fused-ring (bicyclic) bond motifs is 1. The van der Waals surface area contributed by atoms with Crippen LogP contribution in [0.2, 0.25) is 5.02 Å². The second kappa shape index (κ2) is 35.3. The number of hydrogen-bond donors (Lipinski definition) is 7. The topological polar surface area (TPSA) is 372 Å². The van der Waals surface area contributed by atoms with E-state index in [2.05, 4.69) is 57.3 Å². The van der Waals surface area contributed by atoms with Gasteiger partial charge in [0.15, 0.2) is 5.82 Å². The summed E-state index contributed by atoms with van der Waals surface area (Å²) in [5, 5.41) is 22.5. The number of aliphatic carboxylic acids is 1. The number of nitrogens with two attached hydrogens (primary N) is 1. The monoisotopic (exact) mass is 1500 g/mol. The number of hydrogen-bond acceptors (Lipinski definition) is 20. The third-order valence-electron chi connectivity index (χ3n) is 17.5. The smallest absolute Gasteiger partial charge is 0.446 e. The van der Waals surface area contributed by atoms with Gasteiger partial charge >= 0.3 is 22.4 Å². The number of halogens is 2. The van der Waals surface area contributed by atoms with Crippen molar-refractivity contribution in [3.8, 4) is 56.1 Å². The molecule has 10 rings (SSSR count). The van der Waals surface area contributed by atoms with Gasteiger partial charge in [-0.25, -0.2) is 33.9 Å². The molecule has 7 amide bonds. The van der Waals surface area contributed by atoms with Crippen LogP contribution in [-0.4, -0.2) is 185 Å². The van der Waals surface area contributed by atoms with Crippen LogP contribution in [-0.2, 0) is 63.5 Å². The van der Waals surface area contributed by atoms with Crippen LogP contribution in [0.15, 0.2) is 140 Å². The zero-order valence-electron chi connectivity index (χ0n) is 57.8. The molecule has 0 spiro atoms. The van der Waals surface area contributed by atoms with Gasteiger partial charge in [0.25, 0.3) is 11.8 Å². The van der Waals surface area contributed by atoms with Gasteiger partial charge in [0.1, 0.15) is 66.1 Å². The fourth-order valence-corrected chi connectivity index (χ4v) is 13.6. The first-order chi connectivity index (χ1) is 50.3. The molecule has 552 valence electrons. The van der Waals surface area contributed by atoms with Crippen molar-refractivity contribution >= 4 is 90.8 Å². The second-order valence-corrected chi connectivity index (χ2v) is 28.0. The summed E-state index contributed by atoms with van der Waals surface area (Å²) in [7, 11) is -2.58. The molecule has 105 heavy (non-hydrogen) atoms. The molecule has 3 atom stereocenters. The number of carbonyl (C=O) groups excluding carboxylic acids is 6. The fraction of sp³-hybridized carbons (Fsp3) is 0.329. The van der Waals surface area contributed by atoms with Crippen LogP contribution in [0.25, 0.3) is 43.2 Å². The first-order valence-corrected chi connectivity index (χ1v) is 36.2. The predicted octanol–water partition coefficient (Wildman–Crippen LogP) is 8.10. The number of benzene rings is 5. The Morgan fingerprint density at radius 1 is 0.829 bits per heavy atom. The molecule has 0 radical (unpaired) electrons. The van der Waals surface area contributed by atoms with Crippen molar-refractivity contribution in [1.82, 2.24) is 45.7 Å². The van der Waals surface area contributed by atoms with Gasteiger partial charge in [0.05, 0.1) is 56.0 Å². The van der Waals surface area contributed by atoms with Gasteiger partial charge < -0.3 is 59.7 Å². The number of nitrogens with one attached hydrogen (secondary N) is 4. The molecule has 0 bridgehead atoms. The number of quaternary nitrogens is 1. The van der Waals surface area contributed by atoms with Crippen LogP contribution < -0.4 is 45.4 Å². The lowest BCUT2D eigenvalue weighted by Crippen LogP contribution is -2.57. The number of piperazine rings is 1. The van der Waals surface area contributed by atoms with Crippen molar-refractivity contribution in [2.75, 3.05) is 78.0 Å². The number of carboxylic acids is 1. The average molecular weight is 1500 g/mol. The normalized spacial score (nSPS) is 14.5. The van der Waals surface area contributed by atoms with Crippen molar-refractivity contribution in [2.24, 2.45) is 11.7 Å². The van der Waals surface area contributed by atoms with Crippen molar-refractivity contribution in [3.05, 3.63) is 173 Å². The SMILES string of the molecule is Cc1c(-c2c(-c3ccc(F)cc3)sc3ncnc(O[C@H](Cc4ccccc4OCc4ccnc(-c5cccc(OS(=O)(=O)O)c5)n4)C(=O)O)c23)ccc(OCCN2CC[N+](C)(Cc3ccc(NC(=O)[C@H](CCCNC(N)=O)NC(=O)[C@@H](NC(=O)CCOCCN4C(=O)C=CC4=O)C(C)C)cc3)CC2)c1Cl. The molecular formula is C73H79ClFN12O16S2+. The van der Waals surface area contributed by atoms with E-state index in [9.17, 15) is 56.0 Å². The van der Waals surface area contributed by atoms with Gasteiger partial charge in [0.2, 0.25) is 29.7 Å². The van der Waals surface area contributed by atoms with E-state index in [0.717, 1.165) is 41.1 Å². The van der Waals surface area contributed by atoms with Crippen LogP contribution in [0.3, 0.4) is 0 Å². The third kappa shape index (κ3) is 21.1. The van der Waals surface area contributed by atoms with Crippen LogP contribution in [0.4, 0.5) is 14.9 Å². The number of para-hydroxylation sites is 1. The fourth-order valence-electron chi connectivity index (χ4n) is 11.9. The molecular weight excluding hydrogens is 1420 g/mol. The molecule has 32 heteroatoms. The number of primary amides is 1. The largest absolute Gasteiger partial charge is 0.491 e. The lowest BCUT2D eigenvalue weighted by Gasteiger charge is -2.42. The second-order valence-electron chi connectivity index (χ2n) is 25.6. The lowest BCUT2D eigenvalue weighted by atomic mass is 9.96. The van der Waals surface area contributed by atoms with E-state index in [0.29, 0.717) is 102 Å². The number of rotatable bonds is 35. The first kappa shape index (κ1) is 77.1. The van der Waals surface area contributed by atoms with Crippen LogP contribution in [0, 0.1) is 18.7 Å². The number of carboxylic acid groups (broad SMARTS) is 1. The van der Waals surface area contributed by atoms with E-state index < -0.39 is 75.9 Å². The molecule has 8 aromatic rings. The van der Waals surface area contributed by atoms with Gasteiger partial charge in [-0.1, -0.05) is 86.1 Å². The summed E-state index contributed by atoms with van der Waals surface area (Å²) in [6.07, 6.45) is 3.76.